The molecular formula is C20H34IN3O2S. The minimum atomic E-state index is 0. The molecule has 1 fully saturated rings. The van der Waals surface area contributed by atoms with E-state index in [2.05, 4.69) is 29.7 Å². The number of nitrogens with zero attached hydrogens (tertiary/aromatic N) is 1. The number of ether oxygens (including phenoxy) is 2. The average Bonchev–Trinajstić information content (AvgIpc) is 2.66. The molecular weight excluding hydrogens is 473 g/mol. The lowest BCUT2D eigenvalue weighted by Gasteiger charge is -2.24. The number of hydrogen-bond donors (Lipinski definition) is 2. The average molecular weight is 507 g/mol. The van der Waals surface area contributed by atoms with Crippen LogP contribution in [0.3, 0.4) is 0 Å². The first kappa shape index (κ1) is 24.2. The number of guanidine groups is 1. The van der Waals surface area contributed by atoms with Crippen molar-refractivity contribution in [1.29, 1.82) is 0 Å². The van der Waals surface area contributed by atoms with Gasteiger partial charge in [0.15, 0.2) is 17.5 Å². The number of benzene rings is 1. The largest absolute Gasteiger partial charge is 0.493 e. The molecule has 0 radical (unpaired) electrons. The number of rotatable bonds is 9. The van der Waals surface area contributed by atoms with E-state index in [1.807, 2.05) is 24.8 Å². The molecule has 1 aromatic carbocycles. The van der Waals surface area contributed by atoms with Crippen LogP contribution in [0.15, 0.2) is 23.2 Å². The van der Waals surface area contributed by atoms with Gasteiger partial charge in [0, 0.05) is 24.9 Å². The zero-order valence-electron chi connectivity index (χ0n) is 16.8. The summed E-state index contributed by atoms with van der Waals surface area (Å²) in [5, 5.41) is 6.94. The number of hydrogen-bond acceptors (Lipinski definition) is 4. The van der Waals surface area contributed by atoms with Gasteiger partial charge in [-0.15, -0.1) is 24.0 Å². The van der Waals surface area contributed by atoms with Crippen LogP contribution < -0.4 is 20.1 Å². The fourth-order valence-electron chi connectivity index (χ4n) is 2.99. The van der Waals surface area contributed by atoms with Crippen LogP contribution in [0.5, 0.6) is 11.5 Å². The van der Waals surface area contributed by atoms with Crippen molar-refractivity contribution in [3.63, 3.8) is 0 Å². The van der Waals surface area contributed by atoms with Crippen LogP contribution in [0.1, 0.15) is 38.7 Å². The van der Waals surface area contributed by atoms with E-state index >= 15 is 0 Å². The molecule has 2 rings (SSSR count). The number of thioether (sulfide) groups is 1. The smallest absolute Gasteiger partial charge is 0.191 e. The quantitative estimate of drug-likeness (QED) is 0.228. The SMILES string of the molecule is CCNC(=NCCCc1ccc(OC)c(OCC)c1)NC1CCCSC1.I. The molecule has 7 heteroatoms. The van der Waals surface area contributed by atoms with Gasteiger partial charge in [0.05, 0.1) is 13.7 Å². The third-order valence-electron chi connectivity index (χ3n) is 4.27. The molecule has 5 nitrogen and oxygen atoms in total. The highest BCUT2D eigenvalue weighted by molar-refractivity contribution is 14.0. The molecule has 2 N–H and O–H groups in total. The van der Waals surface area contributed by atoms with E-state index in [4.69, 9.17) is 14.5 Å². The van der Waals surface area contributed by atoms with Crippen LogP contribution in [0.2, 0.25) is 0 Å². The molecule has 1 saturated heterocycles. The summed E-state index contributed by atoms with van der Waals surface area (Å²) in [5.74, 6) is 5.02. The van der Waals surface area contributed by atoms with Crippen LogP contribution in [0, 0.1) is 0 Å². The molecule has 0 bridgehead atoms. The fourth-order valence-corrected chi connectivity index (χ4v) is 4.06. The fraction of sp³-hybridized carbons (Fsp3) is 0.650. The summed E-state index contributed by atoms with van der Waals surface area (Å²) in [6.45, 7) is 6.44. The molecule has 0 aromatic heterocycles. The van der Waals surface area contributed by atoms with Crippen LogP contribution in [-0.4, -0.2) is 50.3 Å². The van der Waals surface area contributed by atoms with Crippen LogP contribution in [0.25, 0.3) is 0 Å². The molecule has 27 heavy (non-hydrogen) atoms. The van der Waals surface area contributed by atoms with E-state index in [0.29, 0.717) is 12.6 Å². The zero-order chi connectivity index (χ0) is 18.6. The maximum atomic E-state index is 5.66. The van der Waals surface area contributed by atoms with Gasteiger partial charge in [-0.25, -0.2) is 0 Å². The second kappa shape index (κ2) is 14.2. The predicted octanol–water partition coefficient (Wildman–Crippen LogP) is 4.10. The Bertz CT molecular complexity index is 566. The van der Waals surface area contributed by atoms with Crippen LogP contribution in [-0.2, 0) is 6.42 Å². The lowest BCUT2D eigenvalue weighted by atomic mass is 10.1. The van der Waals surface area contributed by atoms with Gasteiger partial charge in [-0.2, -0.15) is 11.8 Å². The summed E-state index contributed by atoms with van der Waals surface area (Å²) in [6, 6.07) is 6.71. The van der Waals surface area contributed by atoms with Gasteiger partial charge in [0.1, 0.15) is 0 Å². The van der Waals surface area contributed by atoms with Gasteiger partial charge in [-0.3, -0.25) is 4.99 Å². The third kappa shape index (κ3) is 8.81. The molecule has 1 aliphatic heterocycles. The normalized spacial score (nSPS) is 17.0. The van der Waals surface area contributed by atoms with E-state index in [-0.39, 0.29) is 24.0 Å². The summed E-state index contributed by atoms with van der Waals surface area (Å²) in [5.41, 5.74) is 1.26. The van der Waals surface area contributed by atoms with E-state index in [1.165, 1.54) is 29.9 Å². The van der Waals surface area contributed by atoms with Crippen LogP contribution in [0.4, 0.5) is 0 Å². The number of aryl methyl sites for hydroxylation is 1. The van der Waals surface area contributed by atoms with Crippen molar-refractivity contribution in [3.05, 3.63) is 23.8 Å². The summed E-state index contributed by atoms with van der Waals surface area (Å²) < 4.78 is 11.0. The zero-order valence-corrected chi connectivity index (χ0v) is 19.9. The number of methoxy groups -OCH3 is 1. The van der Waals surface area contributed by atoms with Crippen molar-refractivity contribution in [2.45, 2.75) is 45.6 Å². The van der Waals surface area contributed by atoms with Crippen LogP contribution >= 0.6 is 35.7 Å². The maximum Gasteiger partial charge on any atom is 0.191 e. The van der Waals surface area contributed by atoms with Crippen molar-refractivity contribution in [3.8, 4) is 11.5 Å². The second-order valence-corrected chi connectivity index (χ2v) is 7.49. The summed E-state index contributed by atoms with van der Waals surface area (Å²) in [4.78, 5) is 4.74. The van der Waals surface area contributed by atoms with Gasteiger partial charge < -0.3 is 20.1 Å². The predicted molar refractivity (Wildman–Crippen MR) is 127 cm³/mol. The first-order valence-corrected chi connectivity index (χ1v) is 10.8. The Kier molecular flexibility index (Phi) is 12.7. The molecule has 1 heterocycles. The van der Waals surface area contributed by atoms with Gasteiger partial charge >= 0.3 is 0 Å². The molecule has 154 valence electrons. The lowest BCUT2D eigenvalue weighted by molar-refractivity contribution is 0.310. The highest BCUT2D eigenvalue weighted by Gasteiger charge is 2.14. The number of halogens is 1. The summed E-state index contributed by atoms with van der Waals surface area (Å²) in [6.07, 6.45) is 4.52. The maximum absolute atomic E-state index is 5.66. The monoisotopic (exact) mass is 507 g/mol. The van der Waals surface area contributed by atoms with E-state index in [0.717, 1.165) is 43.4 Å². The Hall–Kier alpha value is -0.830. The minimum Gasteiger partial charge on any atom is -0.493 e. The van der Waals surface area contributed by atoms with Crippen molar-refractivity contribution in [2.75, 3.05) is 38.3 Å². The Morgan fingerprint density at radius 3 is 2.81 bits per heavy atom. The highest BCUT2D eigenvalue weighted by Crippen LogP contribution is 2.28. The van der Waals surface area contributed by atoms with Crippen molar-refractivity contribution >= 4 is 41.7 Å². The molecule has 0 spiro atoms. The first-order chi connectivity index (χ1) is 12.8. The van der Waals surface area contributed by atoms with Gasteiger partial charge in [0.2, 0.25) is 0 Å². The van der Waals surface area contributed by atoms with Gasteiger partial charge in [0.25, 0.3) is 0 Å². The minimum absolute atomic E-state index is 0. The van der Waals surface area contributed by atoms with E-state index in [9.17, 15) is 0 Å². The molecule has 0 amide bonds. The van der Waals surface area contributed by atoms with Gasteiger partial charge in [-0.1, -0.05) is 6.07 Å². The van der Waals surface area contributed by atoms with E-state index in [1.54, 1.807) is 7.11 Å². The van der Waals surface area contributed by atoms with Crippen molar-refractivity contribution in [2.24, 2.45) is 4.99 Å². The summed E-state index contributed by atoms with van der Waals surface area (Å²) in [7, 11) is 1.67. The first-order valence-electron chi connectivity index (χ1n) is 9.69. The molecule has 1 aromatic rings. The molecule has 0 aliphatic carbocycles. The Morgan fingerprint density at radius 1 is 1.30 bits per heavy atom. The number of nitrogens with one attached hydrogen (secondary N) is 2. The topological polar surface area (TPSA) is 54.9 Å². The lowest BCUT2D eigenvalue weighted by Crippen LogP contribution is -2.45. The Balaban J connectivity index is 0.00000364. The summed E-state index contributed by atoms with van der Waals surface area (Å²) >= 11 is 2.03. The highest BCUT2D eigenvalue weighted by atomic mass is 127. The molecule has 0 saturated carbocycles. The molecule has 1 atom stereocenters. The molecule has 1 unspecified atom stereocenters. The second-order valence-electron chi connectivity index (χ2n) is 6.34. The molecule has 1 aliphatic rings. The van der Waals surface area contributed by atoms with Gasteiger partial charge in [-0.05, 0) is 63.0 Å². The third-order valence-corrected chi connectivity index (χ3v) is 5.48. The Morgan fingerprint density at radius 2 is 2.15 bits per heavy atom. The standard InChI is InChI=1S/C20H33N3O2S.HI/c1-4-21-20(23-17-9-7-13-26-15-17)22-12-6-8-16-10-11-18(24-3)19(14-16)25-5-2;/h10-11,14,17H,4-9,12-13,15H2,1-3H3,(H2,21,22,23);1H. The van der Waals surface area contributed by atoms with E-state index < -0.39 is 0 Å². The Labute approximate surface area is 185 Å². The van der Waals surface area contributed by atoms with Crippen molar-refractivity contribution in [1.82, 2.24) is 10.6 Å². The van der Waals surface area contributed by atoms with Crippen molar-refractivity contribution < 1.29 is 9.47 Å². The number of aliphatic imine (C=N–C) groups is 1.